The van der Waals surface area contributed by atoms with Gasteiger partial charge in [0.1, 0.15) is 0 Å². The van der Waals surface area contributed by atoms with E-state index in [1.165, 1.54) is 115 Å². The van der Waals surface area contributed by atoms with Crippen LogP contribution in [0.15, 0.2) is 11.1 Å². The summed E-state index contributed by atoms with van der Waals surface area (Å²) in [6, 6.07) is 0. The number of carbonyl (C=O) groups is 1. The van der Waals surface area contributed by atoms with Crippen LogP contribution in [0.3, 0.4) is 0 Å². The van der Waals surface area contributed by atoms with Crippen LogP contribution in [0, 0.1) is 0 Å². The second kappa shape index (κ2) is 22.9. The predicted octanol–water partition coefficient (Wildman–Crippen LogP) is 9.71. The Hall–Kier alpha value is -0.790. The zero-order chi connectivity index (χ0) is 22.3. The average molecular weight is 423 g/mol. The van der Waals surface area contributed by atoms with E-state index in [4.69, 9.17) is 4.74 Å². The van der Waals surface area contributed by atoms with Gasteiger partial charge in [0.25, 0.3) is 0 Å². The van der Waals surface area contributed by atoms with Gasteiger partial charge in [0, 0.05) is 5.57 Å². The maximum Gasteiger partial charge on any atom is 0.333 e. The molecule has 0 fully saturated rings. The van der Waals surface area contributed by atoms with Crippen LogP contribution in [0.25, 0.3) is 0 Å². The van der Waals surface area contributed by atoms with Crippen molar-refractivity contribution >= 4 is 5.97 Å². The Kier molecular flexibility index (Phi) is 22.3. The first-order valence-electron chi connectivity index (χ1n) is 13.5. The summed E-state index contributed by atoms with van der Waals surface area (Å²) in [6.45, 7) is 9.36. The third-order valence-corrected chi connectivity index (χ3v) is 6.23. The van der Waals surface area contributed by atoms with Crippen molar-refractivity contribution in [2.75, 3.05) is 6.61 Å². The molecule has 2 heteroatoms. The van der Waals surface area contributed by atoms with Crippen LogP contribution in [0.1, 0.15) is 156 Å². The molecule has 0 saturated carbocycles. The lowest BCUT2D eigenvalue weighted by Crippen LogP contribution is -2.10. The Morgan fingerprint density at radius 3 is 1.37 bits per heavy atom. The minimum absolute atomic E-state index is 0.0607. The SMILES string of the molecule is CCCCCCCCCCOC(=O)/C(C)=C(/CCCCCC)CCCCCCCC. The van der Waals surface area contributed by atoms with E-state index in [1.807, 2.05) is 6.92 Å². The molecule has 0 heterocycles. The third kappa shape index (κ3) is 18.0. The fourth-order valence-electron chi connectivity index (χ4n) is 4.04. The van der Waals surface area contributed by atoms with E-state index in [-0.39, 0.29) is 5.97 Å². The first-order valence-corrected chi connectivity index (χ1v) is 13.5. The first-order chi connectivity index (χ1) is 14.7. The molecule has 0 saturated heterocycles. The number of ether oxygens (including phenoxy) is 1. The van der Waals surface area contributed by atoms with E-state index in [9.17, 15) is 4.79 Å². The molecule has 0 aliphatic rings. The molecule has 0 spiro atoms. The monoisotopic (exact) mass is 422 g/mol. The van der Waals surface area contributed by atoms with Gasteiger partial charge in [-0.2, -0.15) is 0 Å². The Labute approximate surface area is 189 Å². The van der Waals surface area contributed by atoms with Gasteiger partial charge in [-0.15, -0.1) is 0 Å². The highest BCUT2D eigenvalue weighted by molar-refractivity contribution is 5.88. The summed E-state index contributed by atoms with van der Waals surface area (Å²) >= 11 is 0. The lowest BCUT2D eigenvalue weighted by atomic mass is 9.96. The van der Waals surface area contributed by atoms with Crippen LogP contribution < -0.4 is 0 Å². The van der Waals surface area contributed by atoms with Gasteiger partial charge in [-0.25, -0.2) is 4.79 Å². The molecule has 0 aromatic heterocycles. The van der Waals surface area contributed by atoms with E-state index < -0.39 is 0 Å². The van der Waals surface area contributed by atoms with Crippen molar-refractivity contribution in [1.29, 1.82) is 0 Å². The van der Waals surface area contributed by atoms with Crippen molar-refractivity contribution in [1.82, 2.24) is 0 Å². The topological polar surface area (TPSA) is 26.3 Å². The van der Waals surface area contributed by atoms with Crippen molar-refractivity contribution in [3.05, 3.63) is 11.1 Å². The maximum atomic E-state index is 12.6. The molecule has 0 radical (unpaired) electrons. The largest absolute Gasteiger partial charge is 0.462 e. The highest BCUT2D eigenvalue weighted by atomic mass is 16.5. The van der Waals surface area contributed by atoms with Gasteiger partial charge in [-0.05, 0) is 39.0 Å². The van der Waals surface area contributed by atoms with Crippen molar-refractivity contribution in [3.8, 4) is 0 Å². The molecule has 0 aliphatic carbocycles. The Balaban J connectivity index is 4.24. The van der Waals surface area contributed by atoms with Crippen molar-refractivity contribution in [2.24, 2.45) is 0 Å². The van der Waals surface area contributed by atoms with Crippen LogP contribution in [-0.4, -0.2) is 12.6 Å². The molecule has 0 bridgehead atoms. The Bertz CT molecular complexity index is 411. The van der Waals surface area contributed by atoms with Gasteiger partial charge in [-0.3, -0.25) is 0 Å². The minimum Gasteiger partial charge on any atom is -0.462 e. The summed E-state index contributed by atoms with van der Waals surface area (Å²) in [7, 11) is 0. The molecule has 0 aromatic rings. The van der Waals surface area contributed by atoms with E-state index >= 15 is 0 Å². The minimum atomic E-state index is -0.0607. The molecule has 2 nitrogen and oxygen atoms in total. The number of unbranched alkanes of at least 4 members (excludes halogenated alkanes) is 15. The molecular weight excluding hydrogens is 368 g/mol. The van der Waals surface area contributed by atoms with E-state index in [0.717, 1.165) is 24.8 Å². The molecule has 0 aliphatic heterocycles. The van der Waals surface area contributed by atoms with Crippen molar-refractivity contribution < 1.29 is 9.53 Å². The lowest BCUT2D eigenvalue weighted by molar-refractivity contribution is -0.139. The zero-order valence-electron chi connectivity index (χ0n) is 21.2. The van der Waals surface area contributed by atoms with E-state index in [0.29, 0.717) is 6.61 Å². The number of hydrogen-bond acceptors (Lipinski definition) is 2. The summed E-state index contributed by atoms with van der Waals surface area (Å²) in [4.78, 5) is 12.6. The molecule has 0 N–H and O–H groups in total. The molecular formula is C28H54O2. The highest BCUT2D eigenvalue weighted by Gasteiger charge is 2.12. The van der Waals surface area contributed by atoms with Crippen LogP contribution >= 0.6 is 0 Å². The van der Waals surface area contributed by atoms with Gasteiger partial charge >= 0.3 is 5.97 Å². The first kappa shape index (κ1) is 29.2. The van der Waals surface area contributed by atoms with Crippen LogP contribution in [0.4, 0.5) is 0 Å². The summed E-state index contributed by atoms with van der Waals surface area (Å²) in [5, 5.41) is 0. The van der Waals surface area contributed by atoms with E-state index in [2.05, 4.69) is 20.8 Å². The quantitative estimate of drug-likeness (QED) is 0.0985. The lowest BCUT2D eigenvalue weighted by Gasteiger charge is -2.13. The van der Waals surface area contributed by atoms with Gasteiger partial charge < -0.3 is 4.74 Å². The maximum absolute atomic E-state index is 12.6. The van der Waals surface area contributed by atoms with Gasteiger partial charge in [-0.1, -0.05) is 123 Å². The fourth-order valence-corrected chi connectivity index (χ4v) is 4.04. The normalized spacial score (nSPS) is 12.1. The summed E-state index contributed by atoms with van der Waals surface area (Å²) in [6.07, 6.45) is 25.2. The third-order valence-electron chi connectivity index (χ3n) is 6.23. The second-order valence-electron chi connectivity index (χ2n) is 9.17. The highest BCUT2D eigenvalue weighted by Crippen LogP contribution is 2.22. The van der Waals surface area contributed by atoms with Crippen molar-refractivity contribution in [2.45, 2.75) is 156 Å². The molecule has 178 valence electrons. The number of allylic oxidation sites excluding steroid dienone is 1. The summed E-state index contributed by atoms with van der Waals surface area (Å²) in [5.41, 5.74) is 2.27. The summed E-state index contributed by atoms with van der Waals surface area (Å²) < 4.78 is 5.62. The van der Waals surface area contributed by atoms with Crippen molar-refractivity contribution in [3.63, 3.8) is 0 Å². The Morgan fingerprint density at radius 2 is 0.900 bits per heavy atom. The standard InChI is InChI=1S/C28H54O2/c1-5-8-11-14-16-17-19-22-25-30-28(29)26(4)27(23-20-13-10-7-3)24-21-18-15-12-9-6-2/h5-25H2,1-4H3/b27-26-. The van der Waals surface area contributed by atoms with Gasteiger partial charge in [0.15, 0.2) is 0 Å². The molecule has 0 aromatic carbocycles. The van der Waals surface area contributed by atoms with Crippen LogP contribution in [0.5, 0.6) is 0 Å². The molecule has 30 heavy (non-hydrogen) atoms. The predicted molar refractivity (Wildman–Crippen MR) is 133 cm³/mol. The number of carbonyl (C=O) groups excluding carboxylic acids is 1. The summed E-state index contributed by atoms with van der Waals surface area (Å²) in [5.74, 6) is -0.0607. The van der Waals surface area contributed by atoms with E-state index in [1.54, 1.807) is 0 Å². The van der Waals surface area contributed by atoms with Gasteiger partial charge in [0.05, 0.1) is 6.61 Å². The molecule has 0 amide bonds. The fraction of sp³-hybridized carbons (Fsp3) is 0.893. The Morgan fingerprint density at radius 1 is 0.533 bits per heavy atom. The van der Waals surface area contributed by atoms with Gasteiger partial charge in [0.2, 0.25) is 0 Å². The zero-order valence-corrected chi connectivity index (χ0v) is 21.2. The second-order valence-corrected chi connectivity index (χ2v) is 9.17. The van der Waals surface area contributed by atoms with Crippen LogP contribution in [0.2, 0.25) is 0 Å². The molecule has 0 rings (SSSR count). The van der Waals surface area contributed by atoms with Crippen LogP contribution in [-0.2, 0) is 9.53 Å². The number of esters is 1. The molecule has 0 unspecified atom stereocenters. The number of rotatable bonds is 22. The number of hydrogen-bond donors (Lipinski definition) is 0. The smallest absolute Gasteiger partial charge is 0.333 e. The molecule has 0 atom stereocenters. The average Bonchev–Trinajstić information content (AvgIpc) is 2.75.